The molecule has 0 radical (unpaired) electrons. The number of benzene rings is 1. The van der Waals surface area contributed by atoms with Crippen molar-refractivity contribution in [2.45, 2.75) is 13.0 Å². The SMILES string of the molecule is COc1ccc(CNc2cnnc(N(C)CCc3ccncc3)n2)cc1OC. The minimum Gasteiger partial charge on any atom is -0.493 e. The number of anilines is 2. The monoisotopic (exact) mass is 380 g/mol. The van der Waals surface area contributed by atoms with Gasteiger partial charge in [-0.25, -0.2) is 0 Å². The third-order valence-corrected chi connectivity index (χ3v) is 4.30. The summed E-state index contributed by atoms with van der Waals surface area (Å²) in [5.74, 6) is 2.63. The number of aromatic nitrogens is 4. The minimum atomic E-state index is 0.575. The molecule has 0 amide bonds. The van der Waals surface area contributed by atoms with Crippen molar-refractivity contribution in [3.05, 3.63) is 60.0 Å². The van der Waals surface area contributed by atoms with Gasteiger partial charge in [-0.1, -0.05) is 6.07 Å². The summed E-state index contributed by atoms with van der Waals surface area (Å²) in [7, 11) is 5.20. The predicted molar refractivity (Wildman–Crippen MR) is 108 cm³/mol. The molecule has 1 N–H and O–H groups in total. The van der Waals surface area contributed by atoms with Crippen molar-refractivity contribution in [2.24, 2.45) is 0 Å². The van der Waals surface area contributed by atoms with Crippen LogP contribution in [0.4, 0.5) is 11.8 Å². The van der Waals surface area contributed by atoms with E-state index in [0.717, 1.165) is 18.5 Å². The summed E-state index contributed by atoms with van der Waals surface area (Å²) in [5.41, 5.74) is 2.27. The molecular weight excluding hydrogens is 356 g/mol. The smallest absolute Gasteiger partial charge is 0.247 e. The van der Waals surface area contributed by atoms with Crippen molar-refractivity contribution < 1.29 is 9.47 Å². The number of likely N-dealkylation sites (N-methyl/N-ethyl adjacent to an activating group) is 1. The quantitative estimate of drug-likeness (QED) is 0.606. The summed E-state index contributed by atoms with van der Waals surface area (Å²) < 4.78 is 10.6. The second-order valence-corrected chi connectivity index (χ2v) is 6.21. The lowest BCUT2D eigenvalue weighted by atomic mass is 10.2. The minimum absolute atomic E-state index is 0.575. The maximum atomic E-state index is 5.34. The first-order chi connectivity index (χ1) is 13.7. The van der Waals surface area contributed by atoms with E-state index in [-0.39, 0.29) is 0 Å². The highest BCUT2D eigenvalue weighted by Crippen LogP contribution is 2.27. The Labute approximate surface area is 164 Å². The largest absolute Gasteiger partial charge is 0.493 e. The summed E-state index contributed by atoms with van der Waals surface area (Å²) >= 11 is 0. The van der Waals surface area contributed by atoms with Gasteiger partial charge in [0.05, 0.1) is 20.4 Å². The lowest BCUT2D eigenvalue weighted by Crippen LogP contribution is -2.23. The fourth-order valence-corrected chi connectivity index (χ4v) is 2.67. The topological polar surface area (TPSA) is 85.3 Å². The lowest BCUT2D eigenvalue weighted by Gasteiger charge is -2.17. The summed E-state index contributed by atoms with van der Waals surface area (Å²) in [4.78, 5) is 10.6. The van der Waals surface area contributed by atoms with E-state index in [2.05, 4.69) is 25.5 Å². The molecule has 0 spiro atoms. The fraction of sp³-hybridized carbons (Fsp3) is 0.300. The molecule has 0 saturated heterocycles. The molecule has 0 bridgehead atoms. The second kappa shape index (κ2) is 9.50. The number of hydrogen-bond donors (Lipinski definition) is 1. The molecular formula is C20H24N6O2. The molecule has 2 aromatic heterocycles. The standard InChI is InChI=1S/C20H24N6O2/c1-26(11-8-15-6-9-21-10-7-15)20-24-19(14-23-25-20)22-13-16-4-5-17(27-2)18(12-16)28-3/h4-7,9-10,12,14H,8,11,13H2,1-3H3,(H,22,24,25). The Kier molecular flexibility index (Phi) is 6.56. The van der Waals surface area contributed by atoms with Crippen LogP contribution in [0.2, 0.25) is 0 Å². The summed E-state index contributed by atoms with van der Waals surface area (Å²) in [6.45, 7) is 1.37. The number of ether oxygens (including phenoxy) is 2. The summed E-state index contributed by atoms with van der Waals surface area (Å²) in [5, 5.41) is 11.5. The van der Waals surface area contributed by atoms with Crippen LogP contribution in [0.15, 0.2) is 48.9 Å². The molecule has 0 aliphatic carbocycles. The van der Waals surface area contributed by atoms with Crippen molar-refractivity contribution in [3.63, 3.8) is 0 Å². The third-order valence-electron chi connectivity index (χ3n) is 4.30. The highest BCUT2D eigenvalue weighted by Gasteiger charge is 2.08. The van der Waals surface area contributed by atoms with E-state index in [4.69, 9.17) is 9.47 Å². The summed E-state index contributed by atoms with van der Waals surface area (Å²) in [6.07, 6.45) is 6.09. The van der Waals surface area contributed by atoms with E-state index in [9.17, 15) is 0 Å². The molecule has 0 fully saturated rings. The first-order valence-corrected chi connectivity index (χ1v) is 8.94. The molecule has 0 aliphatic rings. The number of hydrogen-bond acceptors (Lipinski definition) is 8. The average Bonchev–Trinajstić information content (AvgIpc) is 2.76. The zero-order chi connectivity index (χ0) is 19.8. The zero-order valence-electron chi connectivity index (χ0n) is 16.3. The van der Waals surface area contributed by atoms with E-state index in [1.54, 1.807) is 32.8 Å². The lowest BCUT2D eigenvalue weighted by molar-refractivity contribution is 0.354. The molecule has 8 heteroatoms. The van der Waals surface area contributed by atoms with Gasteiger partial charge >= 0.3 is 0 Å². The van der Waals surface area contributed by atoms with Crippen LogP contribution in [0.25, 0.3) is 0 Å². The molecule has 28 heavy (non-hydrogen) atoms. The second-order valence-electron chi connectivity index (χ2n) is 6.21. The Bertz CT molecular complexity index is 891. The first kappa shape index (κ1) is 19.3. The van der Waals surface area contributed by atoms with Gasteiger partial charge in [0.25, 0.3) is 0 Å². The van der Waals surface area contributed by atoms with Crippen LogP contribution >= 0.6 is 0 Å². The maximum absolute atomic E-state index is 5.34. The van der Waals surface area contributed by atoms with Gasteiger partial charge in [0.15, 0.2) is 17.3 Å². The van der Waals surface area contributed by atoms with Crippen molar-refractivity contribution >= 4 is 11.8 Å². The van der Waals surface area contributed by atoms with Gasteiger partial charge in [0, 0.05) is 32.5 Å². The van der Waals surface area contributed by atoms with E-state index in [0.29, 0.717) is 29.8 Å². The van der Waals surface area contributed by atoms with Crippen LogP contribution in [0.1, 0.15) is 11.1 Å². The Morgan fingerprint density at radius 1 is 1.00 bits per heavy atom. The highest BCUT2D eigenvalue weighted by molar-refractivity contribution is 5.45. The molecule has 0 aliphatic heterocycles. The molecule has 0 saturated carbocycles. The first-order valence-electron chi connectivity index (χ1n) is 8.94. The van der Waals surface area contributed by atoms with Crippen LogP contribution in [-0.4, -0.2) is 48.0 Å². The number of nitrogens with zero attached hydrogens (tertiary/aromatic N) is 5. The van der Waals surface area contributed by atoms with Crippen LogP contribution in [0.5, 0.6) is 11.5 Å². The summed E-state index contributed by atoms with van der Waals surface area (Å²) in [6, 6.07) is 9.81. The maximum Gasteiger partial charge on any atom is 0.247 e. The van der Waals surface area contributed by atoms with Gasteiger partial charge in [-0.05, 0) is 41.8 Å². The van der Waals surface area contributed by atoms with Gasteiger partial charge in [0.1, 0.15) is 0 Å². The zero-order valence-corrected chi connectivity index (χ0v) is 16.3. The Morgan fingerprint density at radius 3 is 2.54 bits per heavy atom. The molecule has 3 rings (SSSR count). The molecule has 146 valence electrons. The van der Waals surface area contributed by atoms with E-state index in [1.807, 2.05) is 42.3 Å². The Morgan fingerprint density at radius 2 is 1.79 bits per heavy atom. The average molecular weight is 380 g/mol. The molecule has 8 nitrogen and oxygen atoms in total. The van der Waals surface area contributed by atoms with E-state index in [1.165, 1.54) is 5.56 Å². The Balaban J connectivity index is 1.60. The molecule has 1 aromatic carbocycles. The van der Waals surface area contributed by atoms with Gasteiger partial charge < -0.3 is 19.7 Å². The number of rotatable bonds is 9. The van der Waals surface area contributed by atoms with Gasteiger partial charge in [-0.15, -0.1) is 5.10 Å². The predicted octanol–water partition coefficient (Wildman–Crippen LogP) is 2.57. The van der Waals surface area contributed by atoms with Gasteiger partial charge in [-0.2, -0.15) is 10.1 Å². The van der Waals surface area contributed by atoms with E-state index >= 15 is 0 Å². The van der Waals surface area contributed by atoms with Crippen molar-refractivity contribution in [1.29, 1.82) is 0 Å². The van der Waals surface area contributed by atoms with Crippen LogP contribution in [0, 0.1) is 0 Å². The third kappa shape index (κ3) is 5.06. The fourth-order valence-electron chi connectivity index (χ4n) is 2.67. The van der Waals surface area contributed by atoms with Crippen molar-refractivity contribution in [2.75, 3.05) is 38.0 Å². The van der Waals surface area contributed by atoms with E-state index < -0.39 is 0 Å². The number of nitrogens with one attached hydrogen (secondary N) is 1. The highest BCUT2D eigenvalue weighted by atomic mass is 16.5. The van der Waals surface area contributed by atoms with Crippen LogP contribution in [-0.2, 0) is 13.0 Å². The molecule has 2 heterocycles. The number of pyridine rings is 1. The number of methoxy groups -OCH3 is 2. The van der Waals surface area contributed by atoms with Crippen molar-refractivity contribution in [1.82, 2.24) is 20.2 Å². The van der Waals surface area contributed by atoms with Crippen molar-refractivity contribution in [3.8, 4) is 11.5 Å². The normalized spacial score (nSPS) is 10.4. The molecule has 0 atom stereocenters. The van der Waals surface area contributed by atoms with Crippen LogP contribution < -0.4 is 19.7 Å². The van der Waals surface area contributed by atoms with Gasteiger partial charge in [0.2, 0.25) is 5.95 Å². The molecule has 0 unspecified atom stereocenters. The van der Waals surface area contributed by atoms with Gasteiger partial charge in [-0.3, -0.25) is 4.98 Å². The van der Waals surface area contributed by atoms with Crippen LogP contribution in [0.3, 0.4) is 0 Å². The molecule has 3 aromatic rings. The Hall–Kier alpha value is -3.42.